The van der Waals surface area contributed by atoms with Crippen molar-refractivity contribution < 1.29 is 17.9 Å². The molecule has 0 radical (unpaired) electrons. The number of nitrogens with one attached hydrogen (secondary N) is 2. The van der Waals surface area contributed by atoms with Gasteiger partial charge >= 0.3 is 6.09 Å². The smallest absolute Gasteiger partial charge is 0.410 e. The molecule has 0 aliphatic heterocycles. The predicted molar refractivity (Wildman–Crippen MR) is 74.1 cm³/mol. The fourth-order valence-corrected chi connectivity index (χ4v) is 2.10. The Labute approximate surface area is 113 Å². The predicted octanol–water partition coefficient (Wildman–Crippen LogP) is 1.78. The molecule has 0 aliphatic carbocycles. The maximum atomic E-state index is 11.5. The van der Waals surface area contributed by atoms with E-state index in [0.29, 0.717) is 22.6 Å². The minimum Gasteiger partial charge on any atom is -0.410 e. The van der Waals surface area contributed by atoms with Crippen molar-refractivity contribution in [3.63, 3.8) is 0 Å². The van der Waals surface area contributed by atoms with Crippen molar-refractivity contribution in [2.75, 3.05) is 17.5 Å². The monoisotopic (exact) mass is 286 g/mol. The summed E-state index contributed by atoms with van der Waals surface area (Å²) in [6.07, 6.45) is -0.565. The van der Waals surface area contributed by atoms with Gasteiger partial charge in [-0.1, -0.05) is 0 Å². The van der Waals surface area contributed by atoms with E-state index in [0.717, 1.165) is 0 Å². The molecule has 0 aliphatic rings. The molecule has 0 bridgehead atoms. The lowest BCUT2D eigenvalue weighted by Gasteiger charge is -2.13. The number of ether oxygens (including phenoxy) is 1. The van der Waals surface area contributed by atoms with Gasteiger partial charge in [0.25, 0.3) is 0 Å². The third-order valence-electron chi connectivity index (χ3n) is 2.57. The number of aryl methyl sites for hydroxylation is 2. The fraction of sp³-hybridized carbons (Fsp3) is 0.417. The molecular weight excluding hydrogens is 268 g/mol. The van der Waals surface area contributed by atoms with E-state index in [-0.39, 0.29) is 5.75 Å². The van der Waals surface area contributed by atoms with Gasteiger partial charge in [0.15, 0.2) is 0 Å². The van der Waals surface area contributed by atoms with Gasteiger partial charge in [-0.15, -0.1) is 0 Å². The zero-order valence-corrected chi connectivity index (χ0v) is 12.2. The topological polar surface area (TPSA) is 84.5 Å². The van der Waals surface area contributed by atoms with Crippen LogP contribution in [0.2, 0.25) is 0 Å². The molecule has 1 rings (SSSR count). The first kappa shape index (κ1) is 15.3. The molecule has 0 heterocycles. The molecule has 106 valence electrons. The summed E-state index contributed by atoms with van der Waals surface area (Å²) < 4.78 is 30.6. The average Bonchev–Trinajstić information content (AvgIpc) is 2.35. The summed E-state index contributed by atoms with van der Waals surface area (Å²) in [6, 6.07) is 3.26. The maximum Gasteiger partial charge on any atom is 0.412 e. The standard InChI is InChI=1S/C12H18N2O4S/c1-5-19(16,17)14-10-6-9(3)11(7-8(10)2)18-12(15)13-4/h6-7,14H,5H2,1-4H3,(H,13,15). The Morgan fingerprint density at radius 3 is 2.42 bits per heavy atom. The van der Waals surface area contributed by atoms with Crippen molar-refractivity contribution >= 4 is 21.8 Å². The minimum atomic E-state index is -3.32. The van der Waals surface area contributed by atoms with Crippen LogP contribution < -0.4 is 14.8 Å². The molecule has 0 saturated carbocycles. The Hall–Kier alpha value is -1.76. The van der Waals surface area contributed by atoms with E-state index in [2.05, 4.69) is 10.0 Å². The van der Waals surface area contributed by atoms with E-state index < -0.39 is 16.1 Å². The number of rotatable bonds is 4. The number of sulfonamides is 1. The second-order valence-corrected chi connectivity index (χ2v) is 6.09. The van der Waals surface area contributed by atoms with Gasteiger partial charge in [0.2, 0.25) is 10.0 Å². The number of carbonyl (C=O) groups excluding carboxylic acids is 1. The third kappa shape index (κ3) is 4.13. The molecule has 1 amide bonds. The minimum absolute atomic E-state index is 0.00196. The van der Waals surface area contributed by atoms with Gasteiger partial charge in [-0.2, -0.15) is 0 Å². The number of hydrogen-bond acceptors (Lipinski definition) is 4. The van der Waals surface area contributed by atoms with Gasteiger partial charge in [0.1, 0.15) is 5.75 Å². The van der Waals surface area contributed by atoms with Gasteiger partial charge in [-0.3, -0.25) is 4.72 Å². The molecule has 6 nitrogen and oxygen atoms in total. The summed E-state index contributed by atoms with van der Waals surface area (Å²) in [5, 5.41) is 2.35. The van der Waals surface area contributed by atoms with Crippen molar-refractivity contribution in [2.45, 2.75) is 20.8 Å². The zero-order valence-electron chi connectivity index (χ0n) is 11.4. The van der Waals surface area contributed by atoms with Crippen LogP contribution in [0, 0.1) is 13.8 Å². The summed E-state index contributed by atoms with van der Waals surface area (Å²) in [4.78, 5) is 11.2. The molecule has 1 aromatic rings. The third-order valence-corrected chi connectivity index (χ3v) is 3.87. The van der Waals surface area contributed by atoms with E-state index in [1.165, 1.54) is 7.05 Å². The molecule has 0 atom stereocenters. The van der Waals surface area contributed by atoms with Gasteiger partial charge < -0.3 is 10.1 Å². The van der Waals surface area contributed by atoms with Gasteiger partial charge in [0, 0.05) is 7.05 Å². The Bertz CT molecular complexity index is 582. The lowest BCUT2D eigenvalue weighted by molar-refractivity contribution is 0.202. The number of benzene rings is 1. The lowest BCUT2D eigenvalue weighted by Crippen LogP contribution is -2.22. The first-order valence-corrected chi connectivity index (χ1v) is 7.45. The van der Waals surface area contributed by atoms with Crippen LogP contribution in [0.1, 0.15) is 18.1 Å². The number of anilines is 1. The van der Waals surface area contributed by atoms with E-state index >= 15 is 0 Å². The Morgan fingerprint density at radius 1 is 1.26 bits per heavy atom. The average molecular weight is 286 g/mol. The van der Waals surface area contributed by atoms with Crippen molar-refractivity contribution in [3.05, 3.63) is 23.3 Å². The molecule has 0 unspecified atom stereocenters. The molecule has 7 heteroatoms. The van der Waals surface area contributed by atoms with Crippen LogP contribution in [-0.4, -0.2) is 27.3 Å². The number of carbonyl (C=O) groups is 1. The van der Waals surface area contributed by atoms with Gasteiger partial charge in [-0.25, -0.2) is 13.2 Å². The van der Waals surface area contributed by atoms with E-state index in [4.69, 9.17) is 4.74 Å². The summed E-state index contributed by atoms with van der Waals surface area (Å²) in [6.45, 7) is 5.04. The highest BCUT2D eigenvalue weighted by molar-refractivity contribution is 7.92. The van der Waals surface area contributed by atoms with Crippen molar-refractivity contribution in [1.82, 2.24) is 5.32 Å². The highest BCUT2D eigenvalue weighted by Gasteiger charge is 2.12. The Morgan fingerprint density at radius 2 is 1.89 bits per heavy atom. The van der Waals surface area contributed by atoms with Crippen LogP contribution in [0.15, 0.2) is 12.1 Å². The van der Waals surface area contributed by atoms with Crippen LogP contribution in [0.3, 0.4) is 0 Å². The highest BCUT2D eigenvalue weighted by atomic mass is 32.2. The molecule has 19 heavy (non-hydrogen) atoms. The molecule has 0 aromatic heterocycles. The quantitative estimate of drug-likeness (QED) is 0.883. The van der Waals surface area contributed by atoms with E-state index in [1.54, 1.807) is 32.9 Å². The van der Waals surface area contributed by atoms with Crippen molar-refractivity contribution in [1.29, 1.82) is 0 Å². The summed E-state index contributed by atoms with van der Waals surface area (Å²) in [5.74, 6) is 0.401. The second-order valence-electron chi connectivity index (χ2n) is 4.08. The zero-order chi connectivity index (χ0) is 14.6. The Kier molecular flexibility index (Phi) is 4.77. The largest absolute Gasteiger partial charge is 0.412 e. The normalized spacial score (nSPS) is 10.9. The lowest BCUT2D eigenvalue weighted by atomic mass is 10.1. The maximum absolute atomic E-state index is 11.5. The Balaban J connectivity index is 3.07. The molecule has 1 aromatic carbocycles. The van der Waals surface area contributed by atoms with Gasteiger partial charge in [-0.05, 0) is 44.0 Å². The molecule has 0 saturated heterocycles. The van der Waals surface area contributed by atoms with Crippen LogP contribution in [0.4, 0.5) is 10.5 Å². The van der Waals surface area contributed by atoms with Crippen LogP contribution in [0.5, 0.6) is 5.75 Å². The van der Waals surface area contributed by atoms with E-state index in [1.807, 2.05) is 0 Å². The molecule has 0 fully saturated rings. The highest BCUT2D eigenvalue weighted by Crippen LogP contribution is 2.27. The second kappa shape index (κ2) is 5.92. The first-order valence-electron chi connectivity index (χ1n) is 5.80. The summed E-state index contributed by atoms with van der Waals surface area (Å²) in [5.41, 5.74) is 1.84. The van der Waals surface area contributed by atoms with Crippen LogP contribution >= 0.6 is 0 Å². The van der Waals surface area contributed by atoms with Gasteiger partial charge in [0.05, 0.1) is 11.4 Å². The van der Waals surface area contributed by atoms with Crippen molar-refractivity contribution in [2.24, 2.45) is 0 Å². The van der Waals surface area contributed by atoms with Crippen molar-refractivity contribution in [3.8, 4) is 5.75 Å². The van der Waals surface area contributed by atoms with E-state index in [9.17, 15) is 13.2 Å². The molecular formula is C12H18N2O4S. The van der Waals surface area contributed by atoms with Crippen LogP contribution in [-0.2, 0) is 10.0 Å². The fourth-order valence-electron chi connectivity index (χ4n) is 1.40. The molecule has 0 spiro atoms. The number of amides is 1. The SMILES string of the molecule is CCS(=O)(=O)Nc1cc(C)c(OC(=O)NC)cc1C. The number of hydrogen-bond donors (Lipinski definition) is 2. The first-order chi connectivity index (χ1) is 8.79. The molecule has 2 N–H and O–H groups in total. The summed E-state index contributed by atoms with van der Waals surface area (Å²) in [7, 11) is -1.86. The summed E-state index contributed by atoms with van der Waals surface area (Å²) >= 11 is 0. The van der Waals surface area contributed by atoms with Crippen LogP contribution in [0.25, 0.3) is 0 Å².